The van der Waals surface area contributed by atoms with Crippen molar-refractivity contribution >= 4 is 21.8 Å². The van der Waals surface area contributed by atoms with Gasteiger partial charge in [-0.25, -0.2) is 13.1 Å². The van der Waals surface area contributed by atoms with Crippen LogP contribution in [0, 0.1) is 0 Å². The Hall–Kier alpha value is -0.500. The third-order valence-corrected chi connectivity index (χ3v) is 5.26. The van der Waals surface area contributed by atoms with Gasteiger partial charge >= 0.3 is 0 Å². The molecule has 1 aromatic rings. The maximum absolute atomic E-state index is 12.1. The fourth-order valence-corrected chi connectivity index (χ4v) is 2.83. The molecule has 5 nitrogen and oxygen atoms in total. The molecule has 0 aliphatic heterocycles. The van der Waals surface area contributed by atoms with Gasteiger partial charge in [0.25, 0.3) is 0 Å². The highest BCUT2D eigenvalue weighted by atomic mass is 32.2. The van der Waals surface area contributed by atoms with E-state index < -0.39 is 10.0 Å². The van der Waals surface area contributed by atoms with Crippen LogP contribution in [0.3, 0.4) is 0 Å². The third kappa shape index (κ3) is 4.31. The molecule has 0 amide bonds. The maximum Gasteiger partial charge on any atom is 0.242 e. The van der Waals surface area contributed by atoms with E-state index in [4.69, 9.17) is 0 Å². The predicted molar refractivity (Wildman–Crippen MR) is 76.3 cm³/mol. The molecule has 0 unspecified atom stereocenters. The normalized spacial score (nSPS) is 12.9. The lowest BCUT2D eigenvalue weighted by molar-refractivity contribution is 0.571. The van der Waals surface area contributed by atoms with Gasteiger partial charge in [-0.2, -0.15) is 11.8 Å². The summed E-state index contributed by atoms with van der Waals surface area (Å²) in [6.45, 7) is 5.03. The molecule has 0 atom stereocenters. The van der Waals surface area contributed by atoms with Crippen LogP contribution in [0.25, 0.3) is 0 Å². The average molecular weight is 291 g/mol. The fourth-order valence-electron chi connectivity index (χ4n) is 1.29. The summed E-state index contributed by atoms with van der Waals surface area (Å²) in [5, 5.41) is 2.96. The Bertz CT molecular complexity index is 480. The average Bonchev–Trinajstić information content (AvgIpc) is 2.77. The summed E-state index contributed by atoms with van der Waals surface area (Å²) in [6, 6.07) is 1.64. The van der Waals surface area contributed by atoms with Crippen molar-refractivity contribution in [3.63, 3.8) is 0 Å². The summed E-state index contributed by atoms with van der Waals surface area (Å²) >= 11 is 1.63. The molecule has 104 valence electrons. The molecule has 0 saturated heterocycles. The number of aromatic amines is 1. The molecule has 0 aromatic carbocycles. The van der Waals surface area contributed by atoms with E-state index in [1.165, 1.54) is 6.20 Å². The summed E-state index contributed by atoms with van der Waals surface area (Å²) in [5.74, 6) is 0. The van der Waals surface area contributed by atoms with Crippen molar-refractivity contribution in [2.45, 2.75) is 30.0 Å². The Kier molecular flexibility index (Phi) is 5.27. The summed E-state index contributed by atoms with van der Waals surface area (Å²) < 4.78 is 26.6. The number of thioether (sulfide) groups is 1. The molecular weight excluding hydrogens is 270 g/mol. The van der Waals surface area contributed by atoms with Crippen LogP contribution in [0.4, 0.5) is 0 Å². The van der Waals surface area contributed by atoms with Crippen molar-refractivity contribution in [3.8, 4) is 0 Å². The minimum absolute atomic E-state index is 0.114. The van der Waals surface area contributed by atoms with Gasteiger partial charge in [-0.05, 0) is 33.2 Å². The number of hydrogen-bond acceptors (Lipinski definition) is 4. The quantitative estimate of drug-likeness (QED) is 0.704. The smallest absolute Gasteiger partial charge is 0.242 e. The summed E-state index contributed by atoms with van der Waals surface area (Å²) in [6.07, 6.45) is 3.48. The van der Waals surface area contributed by atoms with Crippen molar-refractivity contribution < 1.29 is 8.42 Å². The van der Waals surface area contributed by atoms with E-state index in [0.29, 0.717) is 13.1 Å². The highest BCUT2D eigenvalue weighted by Crippen LogP contribution is 2.20. The van der Waals surface area contributed by atoms with Gasteiger partial charge in [0, 0.05) is 29.7 Å². The van der Waals surface area contributed by atoms with Crippen LogP contribution in [0.5, 0.6) is 0 Å². The topological polar surface area (TPSA) is 74.0 Å². The lowest BCUT2D eigenvalue weighted by Gasteiger charge is -2.21. The Balaban J connectivity index is 2.74. The van der Waals surface area contributed by atoms with E-state index in [-0.39, 0.29) is 9.64 Å². The second-order valence-electron chi connectivity index (χ2n) is 4.68. The molecule has 0 aliphatic rings. The van der Waals surface area contributed by atoms with Crippen molar-refractivity contribution in [1.82, 2.24) is 15.0 Å². The minimum Gasteiger partial charge on any atom is -0.363 e. The number of nitrogens with one attached hydrogen (secondary N) is 3. The van der Waals surface area contributed by atoms with E-state index in [1.807, 2.05) is 27.2 Å². The zero-order valence-electron chi connectivity index (χ0n) is 11.2. The predicted octanol–water partition coefficient (Wildman–Crippen LogP) is 1.15. The van der Waals surface area contributed by atoms with Crippen LogP contribution >= 0.6 is 11.8 Å². The van der Waals surface area contributed by atoms with Gasteiger partial charge in [-0.15, -0.1) is 0 Å². The van der Waals surface area contributed by atoms with Gasteiger partial charge in [0.05, 0.1) is 4.90 Å². The number of rotatable bonds is 7. The summed E-state index contributed by atoms with van der Waals surface area (Å²) in [7, 11) is -1.61. The molecular formula is C11H21N3O2S2. The van der Waals surface area contributed by atoms with E-state index in [2.05, 4.69) is 15.0 Å². The monoisotopic (exact) mass is 291 g/mol. The first-order chi connectivity index (χ1) is 8.30. The fraction of sp³-hybridized carbons (Fsp3) is 0.636. The number of aromatic nitrogens is 1. The van der Waals surface area contributed by atoms with Crippen LogP contribution < -0.4 is 10.0 Å². The van der Waals surface area contributed by atoms with Crippen molar-refractivity contribution in [2.75, 3.05) is 19.8 Å². The van der Waals surface area contributed by atoms with Crippen LogP contribution in [0.15, 0.2) is 17.2 Å². The maximum atomic E-state index is 12.1. The van der Waals surface area contributed by atoms with Crippen LogP contribution in [-0.2, 0) is 16.6 Å². The van der Waals surface area contributed by atoms with Crippen LogP contribution in [0.2, 0.25) is 0 Å². The van der Waals surface area contributed by atoms with E-state index >= 15 is 0 Å². The standard InChI is InChI=1S/C11H21N3O2S2/c1-11(2,17-4)8-14-18(15,16)10-5-9(6-12-3)13-7-10/h5,7,12-14H,6,8H2,1-4H3. The number of H-pyrrole nitrogens is 1. The van der Waals surface area contributed by atoms with Gasteiger partial charge in [0.1, 0.15) is 0 Å². The Morgan fingerprint density at radius 3 is 2.67 bits per heavy atom. The number of hydrogen-bond donors (Lipinski definition) is 3. The Morgan fingerprint density at radius 1 is 1.44 bits per heavy atom. The minimum atomic E-state index is -3.42. The second kappa shape index (κ2) is 6.10. The zero-order chi connectivity index (χ0) is 13.8. The highest BCUT2D eigenvalue weighted by molar-refractivity contribution is 8.00. The SMILES string of the molecule is CNCc1cc(S(=O)(=O)NCC(C)(C)SC)c[nH]1. The molecule has 0 saturated carbocycles. The third-order valence-electron chi connectivity index (χ3n) is 2.63. The van der Waals surface area contributed by atoms with Crippen LogP contribution in [0.1, 0.15) is 19.5 Å². The first-order valence-corrected chi connectivity index (χ1v) is 8.38. The highest BCUT2D eigenvalue weighted by Gasteiger charge is 2.22. The van der Waals surface area contributed by atoms with Crippen molar-refractivity contribution in [3.05, 3.63) is 18.0 Å². The molecule has 0 radical (unpaired) electrons. The molecule has 18 heavy (non-hydrogen) atoms. The number of sulfonamides is 1. The molecule has 3 N–H and O–H groups in total. The van der Waals surface area contributed by atoms with Gasteiger partial charge < -0.3 is 10.3 Å². The van der Waals surface area contributed by atoms with Crippen molar-refractivity contribution in [2.24, 2.45) is 0 Å². The molecule has 0 aliphatic carbocycles. The lowest BCUT2D eigenvalue weighted by atomic mass is 10.2. The molecule has 7 heteroatoms. The summed E-state index contributed by atoms with van der Waals surface area (Å²) in [4.78, 5) is 3.22. The largest absolute Gasteiger partial charge is 0.363 e. The van der Waals surface area contributed by atoms with Crippen LogP contribution in [-0.4, -0.2) is 38.0 Å². The van der Waals surface area contributed by atoms with Gasteiger partial charge in [0.2, 0.25) is 10.0 Å². The molecule has 1 rings (SSSR count). The molecule has 0 bridgehead atoms. The van der Waals surface area contributed by atoms with E-state index in [0.717, 1.165) is 5.69 Å². The first kappa shape index (κ1) is 15.6. The van der Waals surface area contributed by atoms with E-state index in [1.54, 1.807) is 17.8 Å². The Labute approximate surface area is 113 Å². The Morgan fingerprint density at radius 2 is 2.11 bits per heavy atom. The lowest BCUT2D eigenvalue weighted by Crippen LogP contribution is -2.35. The van der Waals surface area contributed by atoms with Gasteiger partial charge in [0.15, 0.2) is 0 Å². The first-order valence-electron chi connectivity index (χ1n) is 5.67. The molecule has 1 aromatic heterocycles. The molecule has 0 fully saturated rings. The van der Waals surface area contributed by atoms with Gasteiger partial charge in [-0.1, -0.05) is 0 Å². The molecule has 0 spiro atoms. The summed E-state index contributed by atoms with van der Waals surface area (Å²) in [5.41, 5.74) is 0.849. The van der Waals surface area contributed by atoms with Crippen molar-refractivity contribution in [1.29, 1.82) is 0 Å². The second-order valence-corrected chi connectivity index (χ2v) is 7.96. The zero-order valence-corrected chi connectivity index (χ0v) is 12.8. The van der Waals surface area contributed by atoms with Gasteiger partial charge in [-0.3, -0.25) is 0 Å². The molecule has 1 heterocycles. The van der Waals surface area contributed by atoms with E-state index in [9.17, 15) is 8.42 Å².